The predicted octanol–water partition coefficient (Wildman–Crippen LogP) is 4.18. The topological polar surface area (TPSA) is 225 Å². The number of piperidine rings is 1. The van der Waals surface area contributed by atoms with Crippen molar-refractivity contribution in [2.45, 2.75) is 136 Å². The van der Waals surface area contributed by atoms with Gasteiger partial charge in [-0.1, -0.05) is 32.9 Å². The number of carbonyl (C=O) groups is 6. The molecule has 4 rings (SSSR count). The molecule has 59 heavy (non-hydrogen) atoms. The number of nitrogens with zero attached hydrogens (tertiary/aromatic N) is 1. The Morgan fingerprint density at radius 2 is 1.32 bits per heavy atom. The number of hydrogen-bond acceptors (Lipinski definition) is 10. The molecule has 1 saturated heterocycles. The van der Waals surface area contributed by atoms with Crippen LogP contribution in [-0.4, -0.2) is 106 Å². The monoisotopic (exact) mass is 822 g/mol. The van der Waals surface area contributed by atoms with E-state index in [9.17, 15) is 39.0 Å². The van der Waals surface area contributed by atoms with E-state index in [1.165, 1.54) is 12.1 Å². The van der Waals surface area contributed by atoms with Crippen LogP contribution < -0.4 is 26.6 Å². The minimum absolute atomic E-state index is 0.0279. The zero-order chi connectivity index (χ0) is 43.9. The highest BCUT2D eigenvalue weighted by Gasteiger charge is 2.34. The van der Waals surface area contributed by atoms with E-state index in [1.54, 1.807) is 91.5 Å². The highest BCUT2D eigenvalue weighted by atomic mass is 16.6. The first-order valence-electron chi connectivity index (χ1n) is 20.2. The minimum Gasteiger partial charge on any atom is -0.508 e. The van der Waals surface area contributed by atoms with Crippen molar-refractivity contribution < 1.29 is 48.5 Å². The Morgan fingerprint density at radius 1 is 0.763 bits per heavy atom. The van der Waals surface area contributed by atoms with Crippen LogP contribution in [0.25, 0.3) is 11.1 Å². The van der Waals surface area contributed by atoms with Crippen molar-refractivity contribution in [1.82, 2.24) is 31.5 Å². The summed E-state index contributed by atoms with van der Waals surface area (Å²) < 4.78 is 11.0. The summed E-state index contributed by atoms with van der Waals surface area (Å²) in [5.74, 6) is -2.47. The van der Waals surface area contributed by atoms with Crippen LogP contribution in [0.2, 0.25) is 0 Å². The van der Waals surface area contributed by atoms with Gasteiger partial charge in [0, 0.05) is 43.9 Å². The number of carbonyl (C=O) groups excluding carboxylic acids is 6. The van der Waals surface area contributed by atoms with Crippen LogP contribution in [0.5, 0.6) is 11.5 Å². The molecule has 4 bridgehead atoms. The predicted molar refractivity (Wildman–Crippen MR) is 220 cm³/mol. The molecule has 2 aliphatic heterocycles. The SMILES string of the molecule is CC(C)(C)OC(=O)N[C@H]1Cc2cc(ccc2O)-c2ccc(O)c(c2)C[C@@H](C(=O)NC2CCN(C(=O)OC(C)(C)C)CC2)NC(=O)[C@H](CCCNC(=O)C(C)(C)C)NC1=O. The molecular formula is C43H62N6O10. The van der Waals surface area contributed by atoms with E-state index in [0.717, 1.165) is 0 Å². The third-order valence-electron chi connectivity index (χ3n) is 9.74. The van der Waals surface area contributed by atoms with Crippen molar-refractivity contribution in [3.05, 3.63) is 47.5 Å². The van der Waals surface area contributed by atoms with Gasteiger partial charge >= 0.3 is 12.2 Å². The summed E-state index contributed by atoms with van der Waals surface area (Å²) in [6.07, 6.45) is -0.520. The van der Waals surface area contributed by atoms with Gasteiger partial charge in [-0.15, -0.1) is 0 Å². The third kappa shape index (κ3) is 14.1. The van der Waals surface area contributed by atoms with Gasteiger partial charge in [-0.25, -0.2) is 9.59 Å². The van der Waals surface area contributed by atoms with Gasteiger partial charge in [0.15, 0.2) is 0 Å². The summed E-state index contributed by atoms with van der Waals surface area (Å²) in [5.41, 5.74) is -0.331. The molecule has 2 aliphatic rings. The van der Waals surface area contributed by atoms with Crippen LogP contribution in [0.1, 0.15) is 99.1 Å². The molecule has 2 aromatic rings. The number of benzene rings is 2. The maximum absolute atomic E-state index is 14.3. The zero-order valence-corrected chi connectivity index (χ0v) is 35.7. The average molecular weight is 823 g/mol. The molecule has 2 aromatic carbocycles. The first-order chi connectivity index (χ1) is 27.4. The second kappa shape index (κ2) is 19.0. The number of rotatable bonds is 7. The molecule has 7 N–H and O–H groups in total. The number of nitrogens with one attached hydrogen (secondary N) is 5. The lowest BCUT2D eigenvalue weighted by molar-refractivity contribution is -0.133. The molecule has 6 amide bonds. The summed E-state index contributed by atoms with van der Waals surface area (Å²) >= 11 is 0. The van der Waals surface area contributed by atoms with E-state index >= 15 is 0 Å². The van der Waals surface area contributed by atoms with E-state index in [0.29, 0.717) is 48.2 Å². The van der Waals surface area contributed by atoms with Gasteiger partial charge in [-0.05, 0) is 114 Å². The number of fused-ring (bicyclic) bond motifs is 5. The second-order valence-corrected chi connectivity index (χ2v) is 18.3. The molecule has 2 heterocycles. The highest BCUT2D eigenvalue weighted by molar-refractivity contribution is 5.94. The number of ether oxygens (including phenoxy) is 2. The molecule has 16 nitrogen and oxygen atoms in total. The number of phenolic OH excluding ortho intramolecular Hbond substituents is 2. The number of aromatic hydroxyl groups is 2. The number of hydrogen-bond donors (Lipinski definition) is 7. The largest absolute Gasteiger partial charge is 0.508 e. The lowest BCUT2D eigenvalue weighted by Gasteiger charge is -2.34. The van der Waals surface area contributed by atoms with E-state index in [1.807, 2.05) is 0 Å². The Balaban J connectivity index is 1.69. The molecule has 0 aliphatic carbocycles. The van der Waals surface area contributed by atoms with Crippen LogP contribution in [0.15, 0.2) is 36.4 Å². The van der Waals surface area contributed by atoms with Crippen LogP contribution in [0.3, 0.4) is 0 Å². The molecule has 324 valence electrons. The van der Waals surface area contributed by atoms with E-state index in [2.05, 4.69) is 26.6 Å². The minimum atomic E-state index is -1.33. The van der Waals surface area contributed by atoms with Crippen LogP contribution in [-0.2, 0) is 41.5 Å². The Hall–Kier alpha value is -5.54. The lowest BCUT2D eigenvalue weighted by Crippen LogP contribution is -2.58. The Morgan fingerprint density at radius 3 is 1.86 bits per heavy atom. The fourth-order valence-electron chi connectivity index (χ4n) is 6.59. The average Bonchev–Trinajstić information content (AvgIpc) is 3.11. The third-order valence-corrected chi connectivity index (χ3v) is 9.74. The number of likely N-dealkylation sites (tertiary alicyclic amines) is 1. The van der Waals surface area contributed by atoms with Crippen molar-refractivity contribution in [3.8, 4) is 22.6 Å². The van der Waals surface area contributed by atoms with Crippen molar-refractivity contribution in [3.63, 3.8) is 0 Å². The van der Waals surface area contributed by atoms with Crippen LogP contribution >= 0.6 is 0 Å². The highest BCUT2D eigenvalue weighted by Crippen LogP contribution is 2.31. The van der Waals surface area contributed by atoms with Gasteiger partial charge in [0.05, 0.1) is 0 Å². The second-order valence-electron chi connectivity index (χ2n) is 18.3. The van der Waals surface area contributed by atoms with E-state index < -0.39 is 64.7 Å². The van der Waals surface area contributed by atoms with Crippen molar-refractivity contribution >= 4 is 35.8 Å². The van der Waals surface area contributed by atoms with Gasteiger partial charge in [-0.2, -0.15) is 0 Å². The molecule has 0 unspecified atom stereocenters. The lowest BCUT2D eigenvalue weighted by atomic mass is 9.95. The van der Waals surface area contributed by atoms with Gasteiger partial charge in [0.2, 0.25) is 23.6 Å². The van der Waals surface area contributed by atoms with Gasteiger partial charge in [0.1, 0.15) is 40.8 Å². The zero-order valence-electron chi connectivity index (χ0n) is 35.7. The quantitative estimate of drug-likeness (QED) is 0.197. The molecule has 0 radical (unpaired) electrons. The number of alkyl carbamates (subject to hydrolysis) is 1. The fraction of sp³-hybridized carbons (Fsp3) is 0.581. The fourth-order valence-corrected chi connectivity index (χ4v) is 6.59. The normalized spacial score (nSPS) is 19.5. The summed E-state index contributed by atoms with van der Waals surface area (Å²) in [6, 6.07) is 5.45. The van der Waals surface area contributed by atoms with Crippen LogP contribution in [0.4, 0.5) is 9.59 Å². The summed E-state index contributed by atoms with van der Waals surface area (Å²) in [6.45, 7) is 16.5. The van der Waals surface area contributed by atoms with Gasteiger partial charge in [0.25, 0.3) is 0 Å². The Bertz CT molecular complexity index is 1870. The molecule has 3 atom stereocenters. The standard InChI is InChI=1S/C43H62N6O10/c1-41(2,3)38(55)44-18-10-11-30-35(52)47-31(36(53)45-29-16-19-49(20-17-29)40(57)59-43(7,8)9)23-27-21-25(12-14-33(27)50)26-13-15-34(51)28(22-26)24-32(37(54)46-30)48-39(56)58-42(4,5)6/h12-15,21-22,29-32,50-51H,10-11,16-20,23-24H2,1-9H3,(H,44,55)(H,45,53)(H,46,54)(H,47,52)(H,48,56)/t30-,31-,32-/m0/s1. The molecule has 0 saturated carbocycles. The Kier molecular flexibility index (Phi) is 14.9. The first-order valence-corrected chi connectivity index (χ1v) is 20.2. The maximum Gasteiger partial charge on any atom is 0.410 e. The summed E-state index contributed by atoms with van der Waals surface area (Å²) in [5, 5.41) is 36.0. The summed E-state index contributed by atoms with van der Waals surface area (Å²) in [4.78, 5) is 82.5. The molecule has 1 fully saturated rings. The van der Waals surface area contributed by atoms with Gasteiger partial charge < -0.3 is 51.2 Å². The van der Waals surface area contributed by atoms with E-state index in [-0.39, 0.29) is 55.7 Å². The first kappa shape index (κ1) is 46.2. The van der Waals surface area contributed by atoms with Gasteiger partial charge in [-0.3, -0.25) is 19.2 Å². The smallest absolute Gasteiger partial charge is 0.410 e. The molecular weight excluding hydrogens is 761 g/mol. The van der Waals surface area contributed by atoms with Crippen molar-refractivity contribution in [1.29, 1.82) is 0 Å². The molecule has 0 aromatic heterocycles. The maximum atomic E-state index is 14.3. The molecule has 16 heteroatoms. The Labute approximate surface area is 346 Å². The molecule has 0 spiro atoms. The number of amides is 6. The number of phenols is 2. The van der Waals surface area contributed by atoms with Crippen molar-refractivity contribution in [2.75, 3.05) is 19.6 Å². The van der Waals surface area contributed by atoms with Crippen LogP contribution in [0, 0.1) is 5.41 Å². The van der Waals surface area contributed by atoms with E-state index in [4.69, 9.17) is 9.47 Å². The summed E-state index contributed by atoms with van der Waals surface area (Å²) in [7, 11) is 0. The van der Waals surface area contributed by atoms with Crippen molar-refractivity contribution in [2.24, 2.45) is 5.41 Å².